The minimum Gasteiger partial charge on any atom is -0.444 e. The zero-order valence-electron chi connectivity index (χ0n) is 13.6. The largest absolute Gasteiger partial charge is 0.444 e. The maximum Gasteiger partial charge on any atom is 0.410 e. The van der Waals surface area contributed by atoms with E-state index < -0.39 is 5.60 Å². The number of ether oxygens (including phenoxy) is 1. The average molecular weight is 279 g/mol. The predicted octanol–water partition coefficient (Wildman–Crippen LogP) is 4.07. The highest BCUT2D eigenvalue weighted by atomic mass is 16.6. The smallest absolute Gasteiger partial charge is 0.410 e. The molecule has 2 atom stereocenters. The molecule has 4 saturated carbocycles. The summed E-state index contributed by atoms with van der Waals surface area (Å²) in [6.07, 6.45) is 6.53. The minimum atomic E-state index is -0.400. The molecular weight excluding hydrogens is 250 g/mol. The Hall–Kier alpha value is -0.730. The van der Waals surface area contributed by atoms with Crippen molar-refractivity contribution in [1.82, 2.24) is 4.90 Å². The van der Waals surface area contributed by atoms with E-state index in [1.165, 1.54) is 32.1 Å². The van der Waals surface area contributed by atoms with Crippen LogP contribution in [0.4, 0.5) is 4.79 Å². The Morgan fingerprint density at radius 3 is 2.15 bits per heavy atom. The molecule has 0 aromatic rings. The number of carbonyl (C=O) groups is 1. The lowest BCUT2D eigenvalue weighted by Gasteiger charge is -2.60. The molecular formula is C17H29NO2. The number of rotatable bonds is 1. The first-order valence-electron chi connectivity index (χ1n) is 8.13. The van der Waals surface area contributed by atoms with Crippen LogP contribution in [0.5, 0.6) is 0 Å². The lowest BCUT2D eigenvalue weighted by Crippen LogP contribution is -2.59. The first kappa shape index (κ1) is 14.2. The van der Waals surface area contributed by atoms with E-state index in [-0.39, 0.29) is 6.09 Å². The summed E-state index contributed by atoms with van der Waals surface area (Å²) in [5.74, 6) is 2.31. The maximum atomic E-state index is 12.4. The van der Waals surface area contributed by atoms with E-state index in [4.69, 9.17) is 4.74 Å². The lowest BCUT2D eigenvalue weighted by atomic mass is 9.48. The van der Waals surface area contributed by atoms with Crippen LogP contribution in [0, 0.1) is 23.2 Å². The second kappa shape index (κ2) is 4.38. The number of hydrogen-bond acceptors (Lipinski definition) is 2. The van der Waals surface area contributed by atoms with Crippen molar-refractivity contribution in [2.75, 3.05) is 7.05 Å². The van der Waals surface area contributed by atoms with Gasteiger partial charge < -0.3 is 9.64 Å². The first-order chi connectivity index (χ1) is 9.17. The minimum absolute atomic E-state index is 0.139. The van der Waals surface area contributed by atoms with Crippen LogP contribution in [-0.2, 0) is 4.74 Å². The van der Waals surface area contributed by atoms with Gasteiger partial charge in [-0.15, -0.1) is 0 Å². The van der Waals surface area contributed by atoms with E-state index >= 15 is 0 Å². The fraction of sp³-hybridized carbons (Fsp3) is 0.941. The summed E-state index contributed by atoms with van der Waals surface area (Å²) in [4.78, 5) is 14.3. The zero-order valence-corrected chi connectivity index (χ0v) is 13.6. The highest BCUT2D eigenvalue weighted by molar-refractivity contribution is 5.68. The molecule has 2 unspecified atom stereocenters. The standard InChI is InChI=1S/C17H29NO2/c1-16(2,3)20-15(19)18(5)14-12-6-11-7-13(14)10-17(4,8-11)9-12/h11-14H,6-10H2,1-5H3. The van der Waals surface area contributed by atoms with Crippen molar-refractivity contribution in [3.63, 3.8) is 0 Å². The van der Waals surface area contributed by atoms with Crippen molar-refractivity contribution >= 4 is 6.09 Å². The van der Waals surface area contributed by atoms with E-state index in [0.29, 0.717) is 23.3 Å². The third kappa shape index (κ3) is 2.44. The van der Waals surface area contributed by atoms with Crippen LogP contribution >= 0.6 is 0 Å². The Morgan fingerprint density at radius 1 is 1.15 bits per heavy atom. The van der Waals surface area contributed by atoms with Gasteiger partial charge in [-0.1, -0.05) is 6.92 Å². The van der Waals surface area contributed by atoms with Crippen LogP contribution in [0.15, 0.2) is 0 Å². The van der Waals surface area contributed by atoms with Crippen molar-refractivity contribution in [2.24, 2.45) is 23.2 Å². The molecule has 1 amide bonds. The van der Waals surface area contributed by atoms with E-state index in [1.807, 2.05) is 32.7 Å². The number of carbonyl (C=O) groups excluding carboxylic acids is 1. The summed E-state index contributed by atoms with van der Waals surface area (Å²) >= 11 is 0. The topological polar surface area (TPSA) is 29.5 Å². The molecule has 0 saturated heterocycles. The Morgan fingerprint density at radius 2 is 1.70 bits per heavy atom. The van der Waals surface area contributed by atoms with Crippen LogP contribution in [-0.4, -0.2) is 29.7 Å². The third-order valence-electron chi connectivity index (χ3n) is 5.66. The Balaban J connectivity index is 1.73. The van der Waals surface area contributed by atoms with Crippen molar-refractivity contribution in [1.29, 1.82) is 0 Å². The van der Waals surface area contributed by atoms with Gasteiger partial charge in [0.1, 0.15) is 5.60 Å². The highest BCUT2D eigenvalue weighted by Crippen LogP contribution is 2.60. The molecule has 0 aromatic carbocycles. The van der Waals surface area contributed by atoms with E-state index in [0.717, 1.165) is 5.92 Å². The summed E-state index contributed by atoms with van der Waals surface area (Å²) in [7, 11) is 1.95. The first-order valence-corrected chi connectivity index (χ1v) is 8.13. The molecule has 0 heterocycles. The third-order valence-corrected chi connectivity index (χ3v) is 5.66. The van der Waals surface area contributed by atoms with Gasteiger partial charge >= 0.3 is 6.09 Å². The van der Waals surface area contributed by atoms with Gasteiger partial charge in [0.15, 0.2) is 0 Å². The van der Waals surface area contributed by atoms with Crippen LogP contribution < -0.4 is 0 Å². The molecule has 20 heavy (non-hydrogen) atoms. The number of amides is 1. The zero-order chi connectivity index (χ0) is 14.7. The van der Waals surface area contributed by atoms with Crippen molar-refractivity contribution in [3.8, 4) is 0 Å². The summed E-state index contributed by atoms with van der Waals surface area (Å²) < 4.78 is 5.57. The molecule has 4 rings (SSSR count). The second-order valence-electron chi connectivity index (χ2n) is 8.86. The molecule has 3 heteroatoms. The van der Waals surface area contributed by atoms with Crippen molar-refractivity contribution in [3.05, 3.63) is 0 Å². The maximum absolute atomic E-state index is 12.4. The second-order valence-corrected chi connectivity index (χ2v) is 8.86. The molecule has 4 fully saturated rings. The predicted molar refractivity (Wildman–Crippen MR) is 79.4 cm³/mol. The van der Waals surface area contributed by atoms with Gasteiger partial charge in [-0.25, -0.2) is 4.79 Å². The van der Waals surface area contributed by atoms with Crippen LogP contribution in [0.2, 0.25) is 0 Å². The quantitative estimate of drug-likeness (QED) is 0.724. The SMILES string of the molecule is CN(C(=O)OC(C)(C)C)C1C2CC3CC1CC(C)(C3)C2. The molecule has 0 aromatic heterocycles. The lowest BCUT2D eigenvalue weighted by molar-refractivity contribution is -0.0992. The van der Waals surface area contributed by atoms with Gasteiger partial charge in [0.05, 0.1) is 0 Å². The van der Waals surface area contributed by atoms with Gasteiger partial charge in [-0.05, 0) is 76.0 Å². The summed E-state index contributed by atoms with van der Waals surface area (Å²) in [6, 6.07) is 0.412. The molecule has 114 valence electrons. The Kier molecular flexibility index (Phi) is 3.11. The summed E-state index contributed by atoms with van der Waals surface area (Å²) in [6.45, 7) is 8.28. The fourth-order valence-electron chi connectivity index (χ4n) is 5.49. The van der Waals surface area contributed by atoms with Gasteiger partial charge in [-0.3, -0.25) is 0 Å². The van der Waals surface area contributed by atoms with Gasteiger partial charge in [-0.2, -0.15) is 0 Å². The Bertz CT molecular complexity index is 396. The molecule has 4 bridgehead atoms. The van der Waals surface area contributed by atoms with E-state index in [1.54, 1.807) is 0 Å². The van der Waals surface area contributed by atoms with Crippen LogP contribution in [0.1, 0.15) is 59.8 Å². The summed E-state index contributed by atoms with van der Waals surface area (Å²) in [5, 5.41) is 0. The van der Waals surface area contributed by atoms with Gasteiger partial charge in [0, 0.05) is 13.1 Å². The van der Waals surface area contributed by atoms with Crippen LogP contribution in [0.25, 0.3) is 0 Å². The molecule has 0 N–H and O–H groups in total. The molecule has 0 spiro atoms. The average Bonchev–Trinajstić information content (AvgIpc) is 2.23. The van der Waals surface area contributed by atoms with E-state index in [9.17, 15) is 4.79 Å². The highest BCUT2D eigenvalue weighted by Gasteiger charge is 2.55. The molecule has 4 aliphatic carbocycles. The summed E-state index contributed by atoms with van der Waals surface area (Å²) in [5.41, 5.74) is 0.158. The molecule has 4 aliphatic rings. The molecule has 3 nitrogen and oxygen atoms in total. The fourth-order valence-corrected chi connectivity index (χ4v) is 5.49. The van der Waals surface area contributed by atoms with Gasteiger partial charge in [0.25, 0.3) is 0 Å². The van der Waals surface area contributed by atoms with Crippen molar-refractivity contribution in [2.45, 2.75) is 71.4 Å². The van der Waals surface area contributed by atoms with Crippen LogP contribution in [0.3, 0.4) is 0 Å². The monoisotopic (exact) mass is 279 g/mol. The van der Waals surface area contributed by atoms with Gasteiger partial charge in [0.2, 0.25) is 0 Å². The van der Waals surface area contributed by atoms with E-state index in [2.05, 4.69) is 6.92 Å². The number of nitrogens with zero attached hydrogens (tertiary/aromatic N) is 1. The molecule has 0 aliphatic heterocycles. The number of hydrogen-bond donors (Lipinski definition) is 0. The Labute approximate surface area is 123 Å². The molecule has 0 radical (unpaired) electrons. The van der Waals surface area contributed by atoms with Crippen molar-refractivity contribution < 1.29 is 9.53 Å². The normalized spacial score (nSPS) is 42.6.